The van der Waals surface area contributed by atoms with E-state index in [9.17, 15) is 57.9 Å². The zero-order chi connectivity index (χ0) is 39.8. The summed E-state index contributed by atoms with van der Waals surface area (Å²) in [4.78, 5) is 86.8. The van der Waals surface area contributed by atoms with Gasteiger partial charge in [-0.2, -0.15) is 4.31 Å². The van der Waals surface area contributed by atoms with Crippen molar-refractivity contribution in [1.82, 2.24) is 30.2 Å². The number of hydrogen-bond donors (Lipinski definition) is 9. The third-order valence-corrected chi connectivity index (χ3v) is 11.3. The van der Waals surface area contributed by atoms with Gasteiger partial charge in [0.1, 0.15) is 36.3 Å². The van der Waals surface area contributed by atoms with Crippen molar-refractivity contribution in [3.63, 3.8) is 0 Å². The summed E-state index contributed by atoms with van der Waals surface area (Å²) >= 11 is 1.09. The Labute approximate surface area is 360 Å². The van der Waals surface area contributed by atoms with E-state index in [-0.39, 0.29) is 98.2 Å². The van der Waals surface area contributed by atoms with Gasteiger partial charge in [-0.05, 0) is 6.42 Å². The van der Waals surface area contributed by atoms with E-state index in [2.05, 4.69) is 34.4 Å². The standard InChI is InChI=1S/C25H42N7O17P3S.3Li/c1-4-5-16(34)53-9-8-27-15(33)6-7-28-23(37)20(36)25(2,3)11-46-52(43,44)49-51(41,42)45-10-14-19(48-50(38,39)40)18(35)24(47-14)32-13-31-17-21(26)29-12-30-22(17)32;;;/h12-14,18-20,24,35-36H,4-11H2,1-3H3,(H,27,33)(H,28,37)(H,41,42)(H,43,44)(H2,26,29,30)(H2,38,39,40);;;/t14-,18-,19-,20+,24-;;;/m1.../s1. The molecule has 1 saturated heterocycles. The summed E-state index contributed by atoms with van der Waals surface area (Å²) in [5.41, 5.74) is 4.27. The SMILES string of the molecule is CCCC(=O)SCCNC(=O)CCNC(=O)[C@H](O)C(C)(C)COP(=O)(O)OP(=O)(O)OC[C@H]1O[C@@H](n2cnc3c(N)ncnc32)[C@H](O)[C@@H]1OP(=O)(O)O.[Li].[Li].[Li]. The molecular formula is C25H42Li3N7O17P3S. The van der Waals surface area contributed by atoms with Gasteiger partial charge in [-0.3, -0.25) is 32.5 Å². The minimum atomic E-state index is -5.56. The first-order valence-electron chi connectivity index (χ1n) is 15.6. The van der Waals surface area contributed by atoms with Gasteiger partial charge in [-0.15, -0.1) is 0 Å². The van der Waals surface area contributed by atoms with Gasteiger partial charge in [-0.1, -0.05) is 32.5 Å². The molecule has 303 valence electrons. The Morgan fingerprint density at radius 3 is 2.29 bits per heavy atom. The van der Waals surface area contributed by atoms with Gasteiger partial charge in [0.15, 0.2) is 22.8 Å². The first-order valence-corrected chi connectivity index (χ1v) is 21.1. The number of anilines is 1. The van der Waals surface area contributed by atoms with Crippen molar-refractivity contribution >= 4 is 126 Å². The van der Waals surface area contributed by atoms with E-state index < -0.39 is 84.6 Å². The van der Waals surface area contributed by atoms with E-state index >= 15 is 0 Å². The summed E-state index contributed by atoms with van der Waals surface area (Å²) < 4.78 is 61.9. The van der Waals surface area contributed by atoms with E-state index in [0.717, 1.165) is 35.4 Å². The fraction of sp³-hybridized carbons (Fsp3) is 0.680. The van der Waals surface area contributed by atoms with Crippen molar-refractivity contribution in [3.05, 3.63) is 12.7 Å². The summed E-state index contributed by atoms with van der Waals surface area (Å²) in [7, 11) is -16.4. The van der Waals surface area contributed by atoms with Gasteiger partial charge in [0.25, 0.3) is 0 Å². The molecular weight excluding hydrogens is 816 g/mol. The summed E-state index contributed by atoms with van der Waals surface area (Å²) in [6, 6.07) is 0. The van der Waals surface area contributed by atoms with Crippen LogP contribution in [0.2, 0.25) is 0 Å². The van der Waals surface area contributed by atoms with Crippen molar-refractivity contribution in [2.75, 3.05) is 37.8 Å². The number of phosphoric ester groups is 3. The average Bonchev–Trinajstić information content (AvgIpc) is 3.61. The Balaban J connectivity index is 0.0000101. The van der Waals surface area contributed by atoms with Crippen LogP contribution in [0.25, 0.3) is 11.2 Å². The van der Waals surface area contributed by atoms with Crippen molar-refractivity contribution in [2.24, 2.45) is 5.41 Å². The van der Waals surface area contributed by atoms with E-state index in [1.807, 2.05) is 6.92 Å². The van der Waals surface area contributed by atoms with E-state index in [4.69, 9.17) is 19.5 Å². The first kappa shape index (κ1) is 55.4. The molecule has 0 saturated carbocycles. The number of nitrogens with one attached hydrogen (secondary N) is 2. The number of nitrogens with zero attached hydrogens (tertiary/aromatic N) is 4. The Morgan fingerprint density at radius 1 is 1.02 bits per heavy atom. The molecule has 2 unspecified atom stereocenters. The Bertz CT molecular complexity index is 1760. The van der Waals surface area contributed by atoms with Crippen LogP contribution < -0.4 is 16.4 Å². The van der Waals surface area contributed by atoms with Crippen LogP contribution in [0.15, 0.2) is 12.7 Å². The van der Waals surface area contributed by atoms with Gasteiger partial charge in [0.05, 0.1) is 19.5 Å². The minimum absolute atomic E-state index is 0. The van der Waals surface area contributed by atoms with Crippen molar-refractivity contribution in [3.8, 4) is 0 Å². The van der Waals surface area contributed by atoms with Gasteiger partial charge >= 0.3 is 23.5 Å². The van der Waals surface area contributed by atoms with E-state index in [0.29, 0.717) is 12.2 Å². The summed E-state index contributed by atoms with van der Waals surface area (Å²) in [5, 5.41) is 26.3. The van der Waals surface area contributed by atoms with Crippen molar-refractivity contribution < 1.29 is 80.5 Å². The number of aliphatic hydroxyl groups excluding tert-OH is 2. The molecule has 2 aromatic rings. The van der Waals surface area contributed by atoms with Crippen LogP contribution in [0.3, 0.4) is 0 Å². The zero-order valence-electron chi connectivity index (χ0n) is 31.5. The number of fused-ring (bicyclic) bond motifs is 1. The second-order valence-electron chi connectivity index (χ2n) is 12.0. The number of hydrogen-bond acceptors (Lipinski definition) is 18. The Kier molecular flexibility index (Phi) is 23.7. The fourth-order valence-electron chi connectivity index (χ4n) is 4.57. The Hall–Kier alpha value is -0.648. The molecule has 1 fully saturated rings. The second-order valence-corrected chi connectivity index (χ2v) is 17.4. The molecule has 3 radical (unpaired) electrons. The van der Waals surface area contributed by atoms with Crippen LogP contribution in [0.5, 0.6) is 0 Å². The maximum Gasteiger partial charge on any atom is 0.481 e. The molecule has 0 bridgehead atoms. The second kappa shape index (κ2) is 24.0. The van der Waals surface area contributed by atoms with Gasteiger partial charge in [0.2, 0.25) is 11.8 Å². The molecule has 2 aromatic heterocycles. The van der Waals surface area contributed by atoms with E-state index in [1.54, 1.807) is 0 Å². The molecule has 10 N–H and O–H groups in total. The topological polar surface area (TPSA) is 364 Å². The van der Waals surface area contributed by atoms with Gasteiger partial charge in [0, 0.05) is 93.7 Å². The molecule has 1 aliphatic heterocycles. The number of carbonyl (C=O) groups excluding carboxylic acids is 3. The molecule has 0 aromatic carbocycles. The number of amides is 2. The molecule has 31 heteroatoms. The largest absolute Gasteiger partial charge is 0.481 e. The molecule has 3 heterocycles. The number of nitrogen functional groups attached to an aromatic ring is 1. The molecule has 2 amide bonds. The summed E-state index contributed by atoms with van der Waals surface area (Å²) in [6.07, 6.45) is -5.73. The predicted molar refractivity (Wildman–Crippen MR) is 199 cm³/mol. The number of ether oxygens (including phenoxy) is 1. The number of rotatable bonds is 21. The minimum Gasteiger partial charge on any atom is -0.386 e. The van der Waals surface area contributed by atoms with Crippen LogP contribution in [0.1, 0.15) is 46.3 Å². The first-order chi connectivity index (χ1) is 24.6. The Morgan fingerprint density at radius 2 is 1.66 bits per heavy atom. The van der Waals surface area contributed by atoms with Gasteiger partial charge in [-0.25, -0.2) is 28.6 Å². The average molecular weight is 858 g/mol. The number of aliphatic hydroxyl groups is 2. The molecule has 24 nitrogen and oxygen atoms in total. The molecule has 56 heavy (non-hydrogen) atoms. The van der Waals surface area contributed by atoms with E-state index in [1.165, 1.54) is 13.8 Å². The third kappa shape index (κ3) is 17.1. The fourth-order valence-corrected chi connectivity index (χ4v) is 8.18. The van der Waals surface area contributed by atoms with Crippen LogP contribution in [0, 0.1) is 5.41 Å². The van der Waals surface area contributed by atoms with Crippen molar-refractivity contribution in [2.45, 2.75) is 70.7 Å². The third-order valence-electron chi connectivity index (χ3n) is 7.22. The monoisotopic (exact) mass is 858 g/mol. The van der Waals surface area contributed by atoms with Crippen LogP contribution in [-0.2, 0) is 50.7 Å². The van der Waals surface area contributed by atoms with Gasteiger partial charge < -0.3 is 50.9 Å². The van der Waals surface area contributed by atoms with Crippen LogP contribution >= 0.6 is 35.2 Å². The van der Waals surface area contributed by atoms with Crippen LogP contribution in [-0.4, -0.2) is 179 Å². The maximum absolute atomic E-state index is 12.6. The van der Waals surface area contributed by atoms with Crippen molar-refractivity contribution in [1.29, 1.82) is 0 Å². The van der Waals surface area contributed by atoms with Crippen LogP contribution in [0.4, 0.5) is 5.82 Å². The number of thioether (sulfide) groups is 1. The molecule has 0 aliphatic carbocycles. The normalized spacial score (nSPS) is 21.0. The quantitative estimate of drug-likeness (QED) is 0.0385. The summed E-state index contributed by atoms with van der Waals surface area (Å²) in [6.45, 7) is 2.41. The number of carbonyl (C=O) groups is 3. The molecule has 3 rings (SSSR count). The summed E-state index contributed by atoms with van der Waals surface area (Å²) in [5.74, 6) is -1.06. The molecule has 1 aliphatic rings. The zero-order valence-corrected chi connectivity index (χ0v) is 35.0. The smallest absolute Gasteiger partial charge is 0.386 e. The molecule has 7 atom stereocenters. The number of aromatic nitrogens is 4. The maximum atomic E-state index is 12.6. The number of nitrogens with two attached hydrogens (primary N) is 1. The number of phosphoric acid groups is 3. The predicted octanol–water partition coefficient (Wildman–Crippen LogP) is -1.68. The molecule has 0 spiro atoms. The number of imidazole rings is 1.